The molecule has 1 aliphatic heterocycles. The van der Waals surface area contributed by atoms with Crippen LogP contribution in [0.15, 0.2) is 24.3 Å². The summed E-state index contributed by atoms with van der Waals surface area (Å²) in [7, 11) is -3.05. The number of hydrogen-bond donors (Lipinski definition) is 1. The van der Waals surface area contributed by atoms with Crippen molar-refractivity contribution in [3.05, 3.63) is 35.6 Å². The van der Waals surface area contributed by atoms with Crippen LogP contribution in [0.1, 0.15) is 25.5 Å². The molecule has 1 aromatic rings. The molecule has 94 valence electrons. The Morgan fingerprint density at radius 1 is 1.29 bits per heavy atom. The van der Waals surface area contributed by atoms with E-state index in [9.17, 15) is 12.8 Å². The Labute approximate surface area is 101 Å². The summed E-state index contributed by atoms with van der Waals surface area (Å²) in [6, 6.07) is 5.70. The summed E-state index contributed by atoms with van der Waals surface area (Å²) >= 11 is 0. The maximum atomic E-state index is 12.8. The topological polar surface area (TPSA) is 46.2 Å². The van der Waals surface area contributed by atoms with Gasteiger partial charge in [0.25, 0.3) is 0 Å². The summed E-state index contributed by atoms with van der Waals surface area (Å²) in [4.78, 5) is 0. The number of nitrogens with one attached hydrogen (secondary N) is 1. The molecule has 5 heteroatoms. The molecule has 1 heterocycles. The van der Waals surface area contributed by atoms with E-state index in [1.54, 1.807) is 12.1 Å². The summed E-state index contributed by atoms with van der Waals surface area (Å²) in [5, 5.41) is 3.28. The molecule has 0 radical (unpaired) electrons. The first-order valence-electron chi connectivity index (χ1n) is 5.51. The van der Waals surface area contributed by atoms with E-state index >= 15 is 0 Å². The molecule has 0 bridgehead atoms. The summed E-state index contributed by atoms with van der Waals surface area (Å²) in [5.41, 5.74) is 0.360. The Hall–Kier alpha value is -0.940. The summed E-state index contributed by atoms with van der Waals surface area (Å²) in [6.45, 7) is 3.72. The van der Waals surface area contributed by atoms with Crippen LogP contribution in [0.5, 0.6) is 0 Å². The minimum atomic E-state index is -3.05. The molecule has 0 spiro atoms. The van der Waals surface area contributed by atoms with Gasteiger partial charge in [0.05, 0.1) is 11.5 Å². The third-order valence-electron chi connectivity index (χ3n) is 2.84. The second kappa shape index (κ2) is 4.07. The average Bonchev–Trinajstić information content (AvgIpc) is 2.13. The first-order chi connectivity index (χ1) is 7.77. The van der Waals surface area contributed by atoms with Crippen molar-refractivity contribution in [1.29, 1.82) is 0 Å². The fourth-order valence-corrected chi connectivity index (χ4v) is 4.38. The second-order valence-electron chi connectivity index (χ2n) is 5.19. The third kappa shape index (κ3) is 3.04. The molecular formula is C12H16FNO2S. The lowest BCUT2D eigenvalue weighted by molar-refractivity contribution is 0.359. The van der Waals surface area contributed by atoms with Crippen molar-refractivity contribution in [1.82, 2.24) is 5.32 Å². The van der Waals surface area contributed by atoms with Crippen molar-refractivity contribution in [2.24, 2.45) is 0 Å². The molecule has 2 rings (SSSR count). The molecule has 1 atom stereocenters. The van der Waals surface area contributed by atoms with Crippen LogP contribution in [0, 0.1) is 5.82 Å². The Morgan fingerprint density at radius 3 is 2.41 bits per heavy atom. The first kappa shape index (κ1) is 12.5. The van der Waals surface area contributed by atoms with E-state index in [0.29, 0.717) is 0 Å². The van der Waals surface area contributed by atoms with E-state index in [1.807, 2.05) is 13.8 Å². The number of halogens is 1. The van der Waals surface area contributed by atoms with Gasteiger partial charge in [-0.2, -0.15) is 0 Å². The standard InChI is InChI=1S/C12H16FNO2S/c1-12(2)8-17(15,16)7-11(14-12)9-3-5-10(13)6-4-9/h3-6,11,14H,7-8H2,1-2H3. The number of hydrogen-bond acceptors (Lipinski definition) is 3. The lowest BCUT2D eigenvalue weighted by atomic mass is 10.0. The van der Waals surface area contributed by atoms with Gasteiger partial charge in [0.2, 0.25) is 0 Å². The Kier molecular flexibility index (Phi) is 2.99. The SMILES string of the molecule is CC1(C)CS(=O)(=O)CC(c2ccc(F)cc2)N1. The maximum Gasteiger partial charge on any atom is 0.153 e. The Morgan fingerprint density at radius 2 is 1.88 bits per heavy atom. The van der Waals surface area contributed by atoms with Crippen LogP contribution in [0.25, 0.3) is 0 Å². The summed E-state index contributed by atoms with van der Waals surface area (Å²) in [5.74, 6) is -0.105. The predicted octanol–water partition coefficient (Wildman–Crippen LogP) is 1.66. The average molecular weight is 257 g/mol. The highest BCUT2D eigenvalue weighted by atomic mass is 32.2. The zero-order chi connectivity index (χ0) is 12.7. The normalized spacial score (nSPS) is 26.6. The molecule has 1 N–H and O–H groups in total. The van der Waals surface area contributed by atoms with E-state index in [1.165, 1.54) is 12.1 Å². The summed E-state index contributed by atoms with van der Waals surface area (Å²) in [6.07, 6.45) is 0. The smallest absolute Gasteiger partial charge is 0.153 e. The molecule has 3 nitrogen and oxygen atoms in total. The molecule has 1 unspecified atom stereocenters. The van der Waals surface area contributed by atoms with E-state index in [4.69, 9.17) is 0 Å². The monoisotopic (exact) mass is 257 g/mol. The highest BCUT2D eigenvalue weighted by Gasteiger charge is 2.36. The molecule has 1 aromatic carbocycles. The van der Waals surface area contributed by atoms with Crippen molar-refractivity contribution in [3.8, 4) is 0 Å². The zero-order valence-electron chi connectivity index (χ0n) is 9.90. The van der Waals surface area contributed by atoms with E-state index in [2.05, 4.69) is 5.32 Å². The van der Waals surface area contributed by atoms with Crippen LogP contribution in [0.2, 0.25) is 0 Å². The maximum absolute atomic E-state index is 12.8. The quantitative estimate of drug-likeness (QED) is 0.832. The van der Waals surface area contributed by atoms with Crippen LogP contribution in [-0.4, -0.2) is 25.5 Å². The van der Waals surface area contributed by atoms with Gasteiger partial charge in [0.1, 0.15) is 5.82 Å². The Balaban J connectivity index is 2.30. The minimum Gasteiger partial charge on any atom is -0.303 e. The fourth-order valence-electron chi connectivity index (χ4n) is 2.29. The largest absolute Gasteiger partial charge is 0.303 e. The molecule has 0 saturated carbocycles. The zero-order valence-corrected chi connectivity index (χ0v) is 10.7. The fraction of sp³-hybridized carbons (Fsp3) is 0.500. The Bertz CT molecular complexity index is 508. The van der Waals surface area contributed by atoms with Gasteiger partial charge in [-0.15, -0.1) is 0 Å². The van der Waals surface area contributed by atoms with Crippen molar-refractivity contribution in [2.75, 3.05) is 11.5 Å². The van der Waals surface area contributed by atoms with Gasteiger partial charge in [-0.05, 0) is 31.5 Å². The highest BCUT2D eigenvalue weighted by Crippen LogP contribution is 2.25. The van der Waals surface area contributed by atoms with Gasteiger partial charge >= 0.3 is 0 Å². The van der Waals surface area contributed by atoms with Gasteiger partial charge in [0, 0.05) is 11.6 Å². The van der Waals surface area contributed by atoms with Crippen molar-refractivity contribution >= 4 is 9.84 Å². The third-order valence-corrected chi connectivity index (χ3v) is 4.84. The van der Waals surface area contributed by atoms with Gasteiger partial charge in [-0.3, -0.25) is 0 Å². The van der Waals surface area contributed by atoms with Crippen molar-refractivity contribution in [3.63, 3.8) is 0 Å². The molecule has 1 aliphatic rings. The molecule has 0 aromatic heterocycles. The van der Waals surface area contributed by atoms with Gasteiger partial charge in [-0.25, -0.2) is 12.8 Å². The predicted molar refractivity (Wildman–Crippen MR) is 65.0 cm³/mol. The van der Waals surface area contributed by atoms with Crippen molar-refractivity contribution < 1.29 is 12.8 Å². The van der Waals surface area contributed by atoms with Crippen LogP contribution < -0.4 is 5.32 Å². The molecule has 0 amide bonds. The summed E-state index contributed by atoms with van der Waals surface area (Å²) < 4.78 is 36.4. The lowest BCUT2D eigenvalue weighted by Crippen LogP contribution is -2.54. The molecule has 17 heavy (non-hydrogen) atoms. The van der Waals surface area contributed by atoms with Crippen molar-refractivity contribution in [2.45, 2.75) is 25.4 Å². The van der Waals surface area contributed by atoms with Crippen LogP contribution in [-0.2, 0) is 9.84 Å². The van der Waals surface area contributed by atoms with Gasteiger partial charge in [-0.1, -0.05) is 12.1 Å². The van der Waals surface area contributed by atoms with Crippen LogP contribution in [0.3, 0.4) is 0 Å². The number of benzene rings is 1. The van der Waals surface area contributed by atoms with Gasteiger partial charge < -0.3 is 5.32 Å². The highest BCUT2D eigenvalue weighted by molar-refractivity contribution is 7.91. The van der Waals surface area contributed by atoms with E-state index in [0.717, 1.165) is 5.56 Å². The molecular weight excluding hydrogens is 241 g/mol. The molecule has 0 aliphatic carbocycles. The van der Waals surface area contributed by atoms with Crippen LogP contribution >= 0.6 is 0 Å². The first-order valence-corrected chi connectivity index (χ1v) is 7.33. The lowest BCUT2D eigenvalue weighted by Gasteiger charge is -2.37. The number of sulfone groups is 1. The molecule has 1 saturated heterocycles. The van der Waals surface area contributed by atoms with E-state index in [-0.39, 0.29) is 23.4 Å². The van der Waals surface area contributed by atoms with E-state index < -0.39 is 15.4 Å². The van der Waals surface area contributed by atoms with Crippen LogP contribution in [0.4, 0.5) is 4.39 Å². The number of rotatable bonds is 1. The minimum absolute atomic E-state index is 0.0715. The second-order valence-corrected chi connectivity index (χ2v) is 7.30. The molecule has 1 fully saturated rings. The van der Waals surface area contributed by atoms with Gasteiger partial charge in [0.15, 0.2) is 9.84 Å².